The van der Waals surface area contributed by atoms with Gasteiger partial charge < -0.3 is 0 Å². The molecule has 11 rings (SSSR count). The third-order valence-corrected chi connectivity index (χ3v) is 12.6. The van der Waals surface area contributed by atoms with Crippen molar-refractivity contribution < 1.29 is 0 Å². The van der Waals surface area contributed by atoms with Gasteiger partial charge in [0.15, 0.2) is 17.5 Å². The summed E-state index contributed by atoms with van der Waals surface area (Å²) < 4.78 is 2.54. The number of nitrogens with zero attached hydrogens (tertiary/aromatic N) is 3. The number of hydrogen-bond donors (Lipinski definition) is 0. The van der Waals surface area contributed by atoms with Gasteiger partial charge in [-0.05, 0) is 68.3 Å². The van der Waals surface area contributed by atoms with Gasteiger partial charge >= 0.3 is 0 Å². The fraction of sp³-hybridized carbons (Fsp3) is 0. The predicted molar refractivity (Wildman–Crippen MR) is 256 cm³/mol. The van der Waals surface area contributed by atoms with Gasteiger partial charge in [-0.1, -0.05) is 206 Å². The summed E-state index contributed by atoms with van der Waals surface area (Å²) in [5.41, 5.74) is 14.6. The zero-order chi connectivity index (χ0) is 40.5. The summed E-state index contributed by atoms with van der Waals surface area (Å²) in [6, 6.07) is 79.3. The van der Waals surface area contributed by atoms with Crippen LogP contribution in [0.15, 0.2) is 224 Å². The van der Waals surface area contributed by atoms with Gasteiger partial charge in [0.05, 0.1) is 0 Å². The molecule has 286 valence electrons. The Bertz CT molecular complexity index is 3210. The first-order valence-electron chi connectivity index (χ1n) is 20.5. The van der Waals surface area contributed by atoms with E-state index < -0.39 is 0 Å². The molecule has 0 aliphatic heterocycles. The highest BCUT2D eigenvalue weighted by molar-refractivity contribution is 7.26. The highest BCUT2D eigenvalue weighted by atomic mass is 32.1. The van der Waals surface area contributed by atoms with Crippen LogP contribution in [0, 0.1) is 0 Å². The summed E-state index contributed by atoms with van der Waals surface area (Å²) in [6.07, 6.45) is 0. The van der Waals surface area contributed by atoms with E-state index in [4.69, 9.17) is 15.0 Å². The van der Waals surface area contributed by atoms with Crippen LogP contribution in [0.3, 0.4) is 0 Å². The number of aromatic nitrogens is 3. The van der Waals surface area contributed by atoms with Crippen LogP contribution in [0.1, 0.15) is 0 Å². The Hall–Kier alpha value is -7.79. The summed E-state index contributed by atoms with van der Waals surface area (Å²) in [7, 11) is 0. The maximum absolute atomic E-state index is 5.16. The van der Waals surface area contributed by atoms with Crippen LogP contribution < -0.4 is 0 Å². The normalized spacial score (nSPS) is 11.3. The van der Waals surface area contributed by atoms with Crippen molar-refractivity contribution in [3.05, 3.63) is 224 Å². The van der Waals surface area contributed by atoms with E-state index in [1.165, 1.54) is 59.1 Å². The maximum Gasteiger partial charge on any atom is 0.164 e. The van der Waals surface area contributed by atoms with Crippen LogP contribution in [0.5, 0.6) is 0 Å². The molecule has 0 bridgehead atoms. The Morgan fingerprint density at radius 1 is 0.230 bits per heavy atom. The lowest BCUT2D eigenvalue weighted by molar-refractivity contribution is 1.07. The van der Waals surface area contributed by atoms with Crippen LogP contribution in [0.2, 0.25) is 0 Å². The van der Waals surface area contributed by atoms with Crippen LogP contribution in [0.4, 0.5) is 0 Å². The molecule has 0 radical (unpaired) electrons. The van der Waals surface area contributed by atoms with Gasteiger partial charge in [0, 0.05) is 42.4 Å². The van der Waals surface area contributed by atoms with Crippen molar-refractivity contribution in [3.63, 3.8) is 0 Å². The van der Waals surface area contributed by atoms with Crippen molar-refractivity contribution in [2.45, 2.75) is 0 Å². The van der Waals surface area contributed by atoms with E-state index in [1.54, 1.807) is 0 Å². The molecule has 0 aliphatic carbocycles. The molecule has 0 saturated carbocycles. The van der Waals surface area contributed by atoms with E-state index in [-0.39, 0.29) is 0 Å². The standard InChI is InChI=1S/C57H37N3S/c1-5-15-38(16-6-1)41-27-31-44(32-28-41)55-58-56(45-33-29-42(30-34-45)39-17-7-2-8-18-39)60-57(59-55)47-24-13-23-46(35-47)49-25-14-26-50-52-37-48(40-19-9-3-10-20-40)36-51(54(52)61-53(49)50)43-21-11-4-12-22-43/h1-37H. The molecule has 0 saturated heterocycles. The monoisotopic (exact) mass is 795 g/mol. The SMILES string of the molecule is c1ccc(-c2ccc(-c3nc(-c4ccc(-c5ccccc5)cc4)nc(-c4cccc(-c5cccc6c5sc5c(-c7ccccc7)cc(-c7ccccc7)cc56)c4)n3)cc2)cc1. The molecule has 0 N–H and O–H groups in total. The van der Waals surface area contributed by atoms with E-state index >= 15 is 0 Å². The fourth-order valence-electron chi connectivity index (χ4n) is 8.23. The molecule has 11 aromatic rings. The molecule has 2 heterocycles. The Morgan fingerprint density at radius 3 is 1.16 bits per heavy atom. The summed E-state index contributed by atoms with van der Waals surface area (Å²) in [6.45, 7) is 0. The van der Waals surface area contributed by atoms with Crippen molar-refractivity contribution in [1.29, 1.82) is 0 Å². The largest absolute Gasteiger partial charge is 0.208 e. The summed E-state index contributed by atoms with van der Waals surface area (Å²) >= 11 is 1.87. The Balaban J connectivity index is 1.04. The predicted octanol–water partition coefficient (Wildman–Crippen LogP) is 15.6. The van der Waals surface area contributed by atoms with Gasteiger partial charge in [0.25, 0.3) is 0 Å². The molecule has 0 aliphatic rings. The van der Waals surface area contributed by atoms with Gasteiger partial charge in [-0.3, -0.25) is 0 Å². The lowest BCUT2D eigenvalue weighted by atomic mass is 9.95. The van der Waals surface area contributed by atoms with Crippen LogP contribution in [0.25, 0.3) is 110 Å². The smallest absolute Gasteiger partial charge is 0.164 e. The first-order chi connectivity index (χ1) is 30.2. The minimum Gasteiger partial charge on any atom is -0.208 e. The number of hydrogen-bond acceptors (Lipinski definition) is 4. The molecule has 2 aromatic heterocycles. The summed E-state index contributed by atoms with van der Waals surface area (Å²) in [5.74, 6) is 1.89. The van der Waals surface area contributed by atoms with Crippen molar-refractivity contribution in [1.82, 2.24) is 15.0 Å². The molecule has 0 unspecified atom stereocenters. The molecule has 4 heteroatoms. The van der Waals surface area contributed by atoms with Crippen LogP contribution in [-0.4, -0.2) is 15.0 Å². The van der Waals surface area contributed by atoms with Crippen molar-refractivity contribution in [2.24, 2.45) is 0 Å². The zero-order valence-corrected chi connectivity index (χ0v) is 33.9. The minimum absolute atomic E-state index is 0.628. The van der Waals surface area contributed by atoms with Gasteiger partial charge in [0.1, 0.15) is 0 Å². The Morgan fingerprint density at radius 2 is 0.623 bits per heavy atom. The molecule has 61 heavy (non-hydrogen) atoms. The molecule has 0 spiro atoms. The first kappa shape index (κ1) is 36.3. The second kappa shape index (κ2) is 15.8. The lowest BCUT2D eigenvalue weighted by Gasteiger charge is -2.11. The Labute approximate surface area is 359 Å². The molecule has 3 nitrogen and oxygen atoms in total. The van der Waals surface area contributed by atoms with Crippen molar-refractivity contribution in [3.8, 4) is 89.8 Å². The van der Waals surface area contributed by atoms with E-state index in [0.717, 1.165) is 33.4 Å². The van der Waals surface area contributed by atoms with E-state index in [1.807, 2.05) is 23.5 Å². The minimum atomic E-state index is 0.628. The molecule has 0 fully saturated rings. The number of fused-ring (bicyclic) bond motifs is 3. The van der Waals surface area contributed by atoms with Gasteiger partial charge in [0.2, 0.25) is 0 Å². The molecular weight excluding hydrogens is 759 g/mol. The fourth-order valence-corrected chi connectivity index (χ4v) is 9.58. The Kier molecular flexibility index (Phi) is 9.38. The maximum atomic E-state index is 5.16. The second-order valence-electron chi connectivity index (χ2n) is 15.2. The first-order valence-corrected chi connectivity index (χ1v) is 21.3. The molecule has 9 aromatic carbocycles. The van der Waals surface area contributed by atoms with E-state index in [0.29, 0.717) is 17.5 Å². The van der Waals surface area contributed by atoms with Crippen molar-refractivity contribution >= 4 is 31.5 Å². The third kappa shape index (κ3) is 7.09. The van der Waals surface area contributed by atoms with Crippen LogP contribution >= 0.6 is 11.3 Å². The highest BCUT2D eigenvalue weighted by Crippen LogP contribution is 2.46. The topological polar surface area (TPSA) is 38.7 Å². The molecule has 0 atom stereocenters. The highest BCUT2D eigenvalue weighted by Gasteiger charge is 2.18. The van der Waals surface area contributed by atoms with Crippen molar-refractivity contribution in [2.75, 3.05) is 0 Å². The second-order valence-corrected chi connectivity index (χ2v) is 16.2. The van der Waals surface area contributed by atoms with Gasteiger partial charge in [-0.25, -0.2) is 15.0 Å². The zero-order valence-electron chi connectivity index (χ0n) is 33.1. The number of thiophene rings is 1. The average Bonchev–Trinajstić information content (AvgIpc) is 3.74. The third-order valence-electron chi connectivity index (χ3n) is 11.4. The summed E-state index contributed by atoms with van der Waals surface area (Å²) in [4.78, 5) is 15.4. The summed E-state index contributed by atoms with van der Waals surface area (Å²) in [5, 5.41) is 2.52. The van der Waals surface area contributed by atoms with E-state index in [9.17, 15) is 0 Å². The molecule has 0 amide bonds. The average molecular weight is 796 g/mol. The quantitative estimate of drug-likeness (QED) is 0.154. The van der Waals surface area contributed by atoms with E-state index in [2.05, 4.69) is 212 Å². The molecular formula is C57H37N3S. The van der Waals surface area contributed by atoms with Gasteiger partial charge in [-0.2, -0.15) is 0 Å². The lowest BCUT2D eigenvalue weighted by Crippen LogP contribution is -2.00. The van der Waals surface area contributed by atoms with Crippen LogP contribution in [-0.2, 0) is 0 Å². The van der Waals surface area contributed by atoms with Gasteiger partial charge in [-0.15, -0.1) is 11.3 Å². The number of rotatable bonds is 8. The number of benzene rings is 9.